The molecule has 0 amide bonds. The quantitative estimate of drug-likeness (QED) is 0.787. The Morgan fingerprint density at radius 1 is 1.33 bits per heavy atom. The molecule has 0 fully saturated rings. The zero-order chi connectivity index (χ0) is 10.9. The second-order valence-electron chi connectivity index (χ2n) is 3.07. The van der Waals surface area contributed by atoms with Crippen LogP contribution in [0.15, 0.2) is 24.3 Å². The molecule has 0 aliphatic rings. The summed E-state index contributed by atoms with van der Waals surface area (Å²) in [5, 5.41) is 8.65. The Balaban J connectivity index is 2.73. The smallest absolute Gasteiger partial charge is 0.0540 e. The summed E-state index contributed by atoms with van der Waals surface area (Å²) in [7, 11) is 0. The summed E-state index contributed by atoms with van der Waals surface area (Å²) >= 11 is 1.90. The van der Waals surface area contributed by atoms with Crippen molar-refractivity contribution in [3.63, 3.8) is 0 Å². The van der Waals surface area contributed by atoms with E-state index in [1.807, 2.05) is 30.0 Å². The standard InChI is InChI=1S/C13H16OS/c1-2-15-11-13-9-4-3-7-12(13)8-5-6-10-14/h3-4,7,9,14H,2,6,10-11H2,1H3. The number of aliphatic hydroxyl groups is 1. The van der Waals surface area contributed by atoms with Crippen molar-refractivity contribution in [1.29, 1.82) is 0 Å². The van der Waals surface area contributed by atoms with Gasteiger partial charge in [0.15, 0.2) is 0 Å². The van der Waals surface area contributed by atoms with Gasteiger partial charge in [-0.1, -0.05) is 37.0 Å². The zero-order valence-corrected chi connectivity index (χ0v) is 9.81. The van der Waals surface area contributed by atoms with Crippen LogP contribution in [-0.4, -0.2) is 17.5 Å². The molecule has 1 rings (SSSR count). The monoisotopic (exact) mass is 220 g/mol. The summed E-state index contributed by atoms with van der Waals surface area (Å²) in [6.45, 7) is 2.30. The predicted octanol–water partition coefficient (Wildman–Crippen LogP) is 2.67. The summed E-state index contributed by atoms with van der Waals surface area (Å²) in [6, 6.07) is 8.20. The maximum atomic E-state index is 8.65. The van der Waals surface area contributed by atoms with Crippen LogP contribution in [0.4, 0.5) is 0 Å². The van der Waals surface area contributed by atoms with E-state index in [-0.39, 0.29) is 6.61 Å². The number of rotatable bonds is 4. The van der Waals surface area contributed by atoms with Gasteiger partial charge in [0.25, 0.3) is 0 Å². The van der Waals surface area contributed by atoms with Crippen LogP contribution in [0.2, 0.25) is 0 Å². The highest BCUT2D eigenvalue weighted by atomic mass is 32.2. The second-order valence-corrected chi connectivity index (χ2v) is 4.34. The van der Waals surface area contributed by atoms with Crippen molar-refractivity contribution in [2.45, 2.75) is 19.1 Å². The lowest BCUT2D eigenvalue weighted by atomic mass is 10.1. The average molecular weight is 220 g/mol. The van der Waals surface area contributed by atoms with Crippen molar-refractivity contribution >= 4 is 11.8 Å². The minimum Gasteiger partial charge on any atom is -0.395 e. The molecular formula is C13H16OS. The van der Waals surface area contributed by atoms with Gasteiger partial charge < -0.3 is 5.11 Å². The molecule has 0 aliphatic heterocycles. The number of hydrogen-bond acceptors (Lipinski definition) is 2. The Hall–Kier alpha value is -0.910. The van der Waals surface area contributed by atoms with Gasteiger partial charge in [-0.15, -0.1) is 0 Å². The number of aliphatic hydroxyl groups excluding tert-OH is 1. The molecule has 2 heteroatoms. The van der Waals surface area contributed by atoms with Crippen LogP contribution >= 0.6 is 11.8 Å². The Bertz CT molecular complexity index is 349. The molecular weight excluding hydrogens is 204 g/mol. The van der Waals surface area contributed by atoms with Gasteiger partial charge in [0.1, 0.15) is 0 Å². The predicted molar refractivity (Wildman–Crippen MR) is 66.9 cm³/mol. The van der Waals surface area contributed by atoms with Gasteiger partial charge in [0.05, 0.1) is 6.61 Å². The maximum Gasteiger partial charge on any atom is 0.0540 e. The third-order valence-corrected chi connectivity index (χ3v) is 2.86. The lowest BCUT2D eigenvalue weighted by molar-refractivity contribution is 0.305. The highest BCUT2D eigenvalue weighted by molar-refractivity contribution is 7.98. The van der Waals surface area contributed by atoms with E-state index >= 15 is 0 Å². The zero-order valence-electron chi connectivity index (χ0n) is 8.99. The molecule has 0 saturated heterocycles. The van der Waals surface area contributed by atoms with E-state index in [2.05, 4.69) is 24.8 Å². The van der Waals surface area contributed by atoms with E-state index in [9.17, 15) is 0 Å². The summed E-state index contributed by atoms with van der Waals surface area (Å²) in [5.41, 5.74) is 2.38. The molecule has 0 heterocycles. The molecule has 0 unspecified atom stereocenters. The molecule has 1 N–H and O–H groups in total. The van der Waals surface area contributed by atoms with Crippen molar-refractivity contribution < 1.29 is 5.11 Å². The van der Waals surface area contributed by atoms with Crippen molar-refractivity contribution in [2.24, 2.45) is 0 Å². The van der Waals surface area contributed by atoms with Crippen molar-refractivity contribution in [1.82, 2.24) is 0 Å². The number of hydrogen-bond donors (Lipinski definition) is 1. The summed E-state index contributed by atoms with van der Waals surface area (Å²) in [6.07, 6.45) is 0.551. The van der Waals surface area contributed by atoms with Crippen LogP contribution in [0.3, 0.4) is 0 Å². The van der Waals surface area contributed by atoms with Gasteiger partial charge >= 0.3 is 0 Å². The molecule has 1 nitrogen and oxygen atoms in total. The number of benzene rings is 1. The van der Waals surface area contributed by atoms with E-state index in [0.717, 1.165) is 17.1 Å². The third kappa shape index (κ3) is 4.42. The van der Waals surface area contributed by atoms with Gasteiger partial charge in [-0.05, 0) is 17.4 Å². The molecule has 0 aliphatic carbocycles. The minimum absolute atomic E-state index is 0.138. The summed E-state index contributed by atoms with van der Waals surface area (Å²) in [5.74, 6) is 8.20. The summed E-state index contributed by atoms with van der Waals surface area (Å²) < 4.78 is 0. The van der Waals surface area contributed by atoms with Crippen molar-refractivity contribution in [2.75, 3.05) is 12.4 Å². The normalized spacial score (nSPS) is 9.47. The minimum atomic E-state index is 0.138. The van der Waals surface area contributed by atoms with Gasteiger partial charge in [-0.25, -0.2) is 0 Å². The Morgan fingerprint density at radius 2 is 2.13 bits per heavy atom. The van der Waals surface area contributed by atoms with Gasteiger partial charge in [0.2, 0.25) is 0 Å². The van der Waals surface area contributed by atoms with Crippen LogP contribution < -0.4 is 0 Å². The molecule has 0 bridgehead atoms. The molecule has 80 valence electrons. The topological polar surface area (TPSA) is 20.2 Å². The lowest BCUT2D eigenvalue weighted by Crippen LogP contribution is -1.87. The molecule has 0 saturated carbocycles. The van der Waals surface area contributed by atoms with Gasteiger partial charge in [0, 0.05) is 17.7 Å². The average Bonchev–Trinajstić information content (AvgIpc) is 2.28. The third-order valence-electron chi connectivity index (χ3n) is 1.94. The fourth-order valence-corrected chi connectivity index (χ4v) is 1.87. The second kappa shape index (κ2) is 7.39. The van der Waals surface area contributed by atoms with E-state index in [4.69, 9.17) is 5.11 Å². The van der Waals surface area contributed by atoms with E-state index < -0.39 is 0 Å². The fourth-order valence-electron chi connectivity index (χ4n) is 1.19. The van der Waals surface area contributed by atoms with Crippen LogP contribution in [0.5, 0.6) is 0 Å². The van der Waals surface area contributed by atoms with Crippen molar-refractivity contribution in [3.8, 4) is 11.8 Å². The van der Waals surface area contributed by atoms with Crippen LogP contribution in [-0.2, 0) is 5.75 Å². The first-order chi connectivity index (χ1) is 7.38. The molecule has 15 heavy (non-hydrogen) atoms. The van der Waals surface area contributed by atoms with Crippen LogP contribution in [0, 0.1) is 11.8 Å². The molecule has 1 aromatic carbocycles. The van der Waals surface area contributed by atoms with E-state index in [0.29, 0.717) is 6.42 Å². The first-order valence-corrected chi connectivity index (χ1v) is 6.29. The fraction of sp³-hybridized carbons (Fsp3) is 0.385. The van der Waals surface area contributed by atoms with Crippen molar-refractivity contribution in [3.05, 3.63) is 35.4 Å². The molecule has 0 radical (unpaired) electrons. The molecule has 0 spiro atoms. The van der Waals surface area contributed by atoms with Gasteiger partial charge in [-0.2, -0.15) is 11.8 Å². The van der Waals surface area contributed by atoms with Crippen LogP contribution in [0.25, 0.3) is 0 Å². The first-order valence-electron chi connectivity index (χ1n) is 5.14. The van der Waals surface area contributed by atoms with Gasteiger partial charge in [-0.3, -0.25) is 0 Å². The first kappa shape index (κ1) is 12.2. The maximum absolute atomic E-state index is 8.65. The highest BCUT2D eigenvalue weighted by Gasteiger charge is 1.97. The highest BCUT2D eigenvalue weighted by Crippen LogP contribution is 2.15. The van der Waals surface area contributed by atoms with Crippen LogP contribution in [0.1, 0.15) is 24.5 Å². The lowest BCUT2D eigenvalue weighted by Gasteiger charge is -2.02. The molecule has 1 aromatic rings. The molecule has 0 atom stereocenters. The molecule has 0 aromatic heterocycles. The Kier molecular flexibility index (Phi) is 5.99. The largest absolute Gasteiger partial charge is 0.395 e. The Labute approximate surface area is 95.9 Å². The summed E-state index contributed by atoms with van der Waals surface area (Å²) in [4.78, 5) is 0. The van der Waals surface area contributed by atoms with E-state index in [1.54, 1.807) is 0 Å². The van der Waals surface area contributed by atoms with E-state index in [1.165, 1.54) is 5.56 Å². The SMILES string of the molecule is CCSCc1ccccc1C#CCCO. The number of thioether (sulfide) groups is 1. The Morgan fingerprint density at radius 3 is 2.87 bits per heavy atom.